The van der Waals surface area contributed by atoms with Crippen LogP contribution in [0.3, 0.4) is 0 Å². The molecule has 7 heteroatoms. The molecule has 1 unspecified atom stereocenters. The van der Waals surface area contributed by atoms with E-state index in [0.29, 0.717) is 18.0 Å². The Morgan fingerprint density at radius 1 is 1.36 bits per heavy atom. The molecule has 1 aliphatic heterocycles. The van der Waals surface area contributed by atoms with E-state index in [2.05, 4.69) is 25.4 Å². The first-order valence-corrected chi connectivity index (χ1v) is 8.78. The Morgan fingerprint density at radius 3 is 3.00 bits per heavy atom. The molecular formula is C18H25N5O2. The zero-order valence-corrected chi connectivity index (χ0v) is 14.7. The number of hydrogen-bond acceptors (Lipinski definition) is 4. The fraction of sp³-hybridized carbons (Fsp3) is 0.500. The van der Waals surface area contributed by atoms with Crippen molar-refractivity contribution >= 4 is 11.7 Å². The highest BCUT2D eigenvalue weighted by Crippen LogP contribution is 2.25. The molecular weight excluding hydrogens is 318 g/mol. The molecule has 7 nitrogen and oxygen atoms in total. The normalized spacial score (nSPS) is 14.4. The summed E-state index contributed by atoms with van der Waals surface area (Å²) in [5, 5.41) is 23.8. The number of hydrogen-bond donors (Lipinski definition) is 3. The molecule has 0 saturated carbocycles. The number of aliphatic hydroxyl groups excluding tert-OH is 1. The maximum atomic E-state index is 12.0. The number of rotatable bonds is 6. The Kier molecular flexibility index (Phi) is 5.33. The van der Waals surface area contributed by atoms with Crippen LogP contribution in [0.25, 0.3) is 11.4 Å². The first kappa shape index (κ1) is 17.4. The molecule has 2 heterocycles. The quantitative estimate of drug-likeness (QED) is 0.751. The van der Waals surface area contributed by atoms with Crippen LogP contribution in [0.15, 0.2) is 24.3 Å². The van der Waals surface area contributed by atoms with Gasteiger partial charge in [0.2, 0.25) is 0 Å². The molecule has 3 N–H and O–H groups in total. The third-order valence-electron chi connectivity index (χ3n) is 4.23. The van der Waals surface area contributed by atoms with Crippen molar-refractivity contribution in [3.05, 3.63) is 30.1 Å². The zero-order chi connectivity index (χ0) is 17.8. The lowest BCUT2D eigenvalue weighted by Gasteiger charge is -2.14. The monoisotopic (exact) mass is 343 g/mol. The van der Waals surface area contributed by atoms with Crippen LogP contribution >= 0.6 is 0 Å². The van der Waals surface area contributed by atoms with Crippen molar-refractivity contribution in [1.29, 1.82) is 0 Å². The second-order valence-corrected chi connectivity index (χ2v) is 6.89. The highest BCUT2D eigenvalue weighted by atomic mass is 16.3. The topological polar surface area (TPSA) is 92.1 Å². The predicted octanol–water partition coefficient (Wildman–Crippen LogP) is 2.42. The van der Waals surface area contributed by atoms with Gasteiger partial charge in [-0.15, -0.1) is 10.2 Å². The van der Waals surface area contributed by atoms with Crippen LogP contribution in [0.5, 0.6) is 0 Å². The van der Waals surface area contributed by atoms with Gasteiger partial charge in [-0.25, -0.2) is 4.79 Å². The number of nitrogens with one attached hydrogen (secondary N) is 2. The van der Waals surface area contributed by atoms with E-state index in [1.165, 1.54) is 0 Å². The Morgan fingerprint density at radius 2 is 2.20 bits per heavy atom. The van der Waals surface area contributed by atoms with Crippen molar-refractivity contribution in [2.24, 2.45) is 5.92 Å². The summed E-state index contributed by atoms with van der Waals surface area (Å²) in [7, 11) is 0. The summed E-state index contributed by atoms with van der Waals surface area (Å²) >= 11 is 0. The largest absolute Gasteiger partial charge is 0.391 e. The number of fused-ring (bicyclic) bond motifs is 1. The van der Waals surface area contributed by atoms with Gasteiger partial charge in [-0.05, 0) is 30.9 Å². The zero-order valence-electron chi connectivity index (χ0n) is 14.7. The Labute approximate surface area is 147 Å². The van der Waals surface area contributed by atoms with Crippen LogP contribution in [0, 0.1) is 5.92 Å². The average Bonchev–Trinajstić information content (AvgIpc) is 3.15. The van der Waals surface area contributed by atoms with Crippen molar-refractivity contribution in [2.45, 2.75) is 45.8 Å². The standard InChI is InChI=1S/C18H25N5O2/c1-12(2)9-15(24)11-19-18(25)20-14-6-3-5-13(10-14)17-22-21-16-7-4-8-23(16)17/h3,5-6,10,12,15,24H,4,7-9,11H2,1-2H3,(H2,19,20,25). The predicted molar refractivity (Wildman–Crippen MR) is 96.3 cm³/mol. The molecule has 1 atom stereocenters. The highest BCUT2D eigenvalue weighted by molar-refractivity contribution is 5.89. The molecule has 1 aliphatic rings. The highest BCUT2D eigenvalue weighted by Gasteiger charge is 2.18. The van der Waals surface area contributed by atoms with Gasteiger partial charge in [-0.3, -0.25) is 0 Å². The summed E-state index contributed by atoms with van der Waals surface area (Å²) in [6.07, 6.45) is 2.19. The number of aryl methyl sites for hydroxylation is 1. The molecule has 0 spiro atoms. The number of amides is 2. The van der Waals surface area contributed by atoms with Crippen LogP contribution < -0.4 is 10.6 Å². The van der Waals surface area contributed by atoms with Gasteiger partial charge in [0.15, 0.2) is 5.82 Å². The third-order valence-corrected chi connectivity index (χ3v) is 4.23. The van der Waals surface area contributed by atoms with Crippen LogP contribution in [-0.4, -0.2) is 38.6 Å². The van der Waals surface area contributed by atoms with E-state index in [1.807, 2.05) is 38.1 Å². The van der Waals surface area contributed by atoms with E-state index in [0.717, 1.165) is 36.6 Å². The number of benzene rings is 1. The van der Waals surface area contributed by atoms with E-state index >= 15 is 0 Å². The summed E-state index contributed by atoms with van der Waals surface area (Å²) in [5.41, 5.74) is 1.61. The lowest BCUT2D eigenvalue weighted by molar-refractivity contribution is 0.148. The molecule has 134 valence electrons. The minimum atomic E-state index is -0.532. The Balaban J connectivity index is 1.61. The van der Waals surface area contributed by atoms with Crippen LogP contribution in [-0.2, 0) is 13.0 Å². The number of urea groups is 1. The van der Waals surface area contributed by atoms with E-state index in [9.17, 15) is 9.90 Å². The summed E-state index contributed by atoms with van der Waals surface area (Å²) < 4.78 is 2.13. The van der Waals surface area contributed by atoms with Gasteiger partial charge in [-0.2, -0.15) is 0 Å². The fourth-order valence-corrected chi connectivity index (χ4v) is 3.11. The van der Waals surface area contributed by atoms with E-state index in [1.54, 1.807) is 0 Å². The van der Waals surface area contributed by atoms with Gasteiger partial charge in [0.1, 0.15) is 5.82 Å². The first-order valence-electron chi connectivity index (χ1n) is 8.78. The molecule has 2 amide bonds. The number of carbonyl (C=O) groups excluding carboxylic acids is 1. The number of nitrogens with zero attached hydrogens (tertiary/aromatic N) is 3. The van der Waals surface area contributed by atoms with Crippen molar-refractivity contribution < 1.29 is 9.90 Å². The van der Waals surface area contributed by atoms with Crippen molar-refractivity contribution in [3.8, 4) is 11.4 Å². The second kappa shape index (κ2) is 7.65. The maximum absolute atomic E-state index is 12.0. The van der Waals surface area contributed by atoms with E-state index in [-0.39, 0.29) is 12.6 Å². The van der Waals surface area contributed by atoms with Gasteiger partial charge in [0.05, 0.1) is 6.10 Å². The lowest BCUT2D eigenvalue weighted by Crippen LogP contribution is -2.35. The fourth-order valence-electron chi connectivity index (χ4n) is 3.11. The minimum absolute atomic E-state index is 0.237. The van der Waals surface area contributed by atoms with Crippen molar-refractivity contribution in [1.82, 2.24) is 20.1 Å². The van der Waals surface area contributed by atoms with Gasteiger partial charge in [0.25, 0.3) is 0 Å². The summed E-state index contributed by atoms with van der Waals surface area (Å²) in [5.74, 6) is 2.25. The lowest BCUT2D eigenvalue weighted by atomic mass is 10.1. The molecule has 0 bridgehead atoms. The smallest absolute Gasteiger partial charge is 0.319 e. The summed E-state index contributed by atoms with van der Waals surface area (Å²) in [6, 6.07) is 7.24. The summed E-state index contributed by atoms with van der Waals surface area (Å²) in [6.45, 7) is 5.25. The molecule has 1 aromatic carbocycles. The number of carbonyl (C=O) groups is 1. The Bertz CT molecular complexity index is 741. The van der Waals surface area contributed by atoms with Gasteiger partial charge < -0.3 is 20.3 Å². The molecule has 2 aromatic rings. The molecule has 1 aromatic heterocycles. The van der Waals surface area contributed by atoms with Crippen LogP contribution in [0.2, 0.25) is 0 Å². The molecule has 25 heavy (non-hydrogen) atoms. The number of anilines is 1. The van der Waals surface area contributed by atoms with Crippen molar-refractivity contribution in [3.63, 3.8) is 0 Å². The Hall–Kier alpha value is -2.41. The SMILES string of the molecule is CC(C)CC(O)CNC(=O)Nc1cccc(-c2nnc3n2CCC3)c1. The molecule has 0 fully saturated rings. The average molecular weight is 343 g/mol. The van der Waals surface area contributed by atoms with Gasteiger partial charge >= 0.3 is 6.03 Å². The van der Waals surface area contributed by atoms with Crippen molar-refractivity contribution in [2.75, 3.05) is 11.9 Å². The van der Waals surface area contributed by atoms with E-state index < -0.39 is 6.10 Å². The summed E-state index contributed by atoms with van der Waals surface area (Å²) in [4.78, 5) is 12.0. The number of aromatic nitrogens is 3. The molecule has 0 radical (unpaired) electrons. The minimum Gasteiger partial charge on any atom is -0.391 e. The van der Waals surface area contributed by atoms with Gasteiger partial charge in [-0.1, -0.05) is 26.0 Å². The second-order valence-electron chi connectivity index (χ2n) is 6.89. The van der Waals surface area contributed by atoms with Crippen LogP contribution in [0.4, 0.5) is 10.5 Å². The maximum Gasteiger partial charge on any atom is 0.319 e. The van der Waals surface area contributed by atoms with Gasteiger partial charge in [0, 0.05) is 30.8 Å². The third kappa shape index (κ3) is 4.36. The van der Waals surface area contributed by atoms with E-state index in [4.69, 9.17) is 0 Å². The van der Waals surface area contributed by atoms with Crippen LogP contribution in [0.1, 0.15) is 32.5 Å². The molecule has 0 saturated heterocycles. The molecule has 0 aliphatic carbocycles. The number of aliphatic hydroxyl groups is 1. The molecule has 3 rings (SSSR count). The first-order chi connectivity index (χ1) is 12.0.